The third-order valence-electron chi connectivity index (χ3n) is 8.46. The summed E-state index contributed by atoms with van der Waals surface area (Å²) in [6.07, 6.45) is 3.47. The van der Waals surface area contributed by atoms with Crippen LogP contribution < -0.4 is 32.5 Å². The van der Waals surface area contributed by atoms with Crippen molar-refractivity contribution in [2.45, 2.75) is 45.3 Å². The third kappa shape index (κ3) is 6.30. The number of carboxylic acid groups (broad SMARTS) is 1. The van der Waals surface area contributed by atoms with Crippen molar-refractivity contribution in [3.05, 3.63) is 108 Å². The zero-order valence-corrected chi connectivity index (χ0v) is 26.0. The maximum absolute atomic E-state index is 12.5. The van der Waals surface area contributed by atoms with Crippen LogP contribution >= 0.6 is 12.4 Å². The van der Waals surface area contributed by atoms with Gasteiger partial charge >= 0.3 is 5.97 Å². The number of amides is 1. The molecule has 3 aromatic carbocycles. The number of nitrogen functional groups attached to an aromatic ring is 1. The van der Waals surface area contributed by atoms with Crippen molar-refractivity contribution < 1.29 is 14.7 Å². The number of carbonyl (C=O) groups excluding carboxylic acids is 1. The number of nitrogens with two attached hydrogens (primary N) is 2. The Morgan fingerprint density at radius 2 is 1.85 bits per heavy atom. The fourth-order valence-electron chi connectivity index (χ4n) is 6.02. The van der Waals surface area contributed by atoms with E-state index in [4.69, 9.17) is 16.6 Å². The Morgan fingerprint density at radius 3 is 2.55 bits per heavy atom. The largest absolute Gasteiger partial charge is 0.477 e. The minimum atomic E-state index is -1.21. The number of aromatic carboxylic acids is 1. The van der Waals surface area contributed by atoms with Crippen LogP contribution in [0.25, 0.3) is 11.4 Å². The summed E-state index contributed by atoms with van der Waals surface area (Å²) in [6.45, 7) is 3.82. The minimum absolute atomic E-state index is 0. The Balaban J connectivity index is 0.000000191. The van der Waals surface area contributed by atoms with E-state index in [0.717, 1.165) is 65.0 Å². The number of fused-ring (bicyclic) bond motifs is 2. The molecule has 7 N–H and O–H groups in total. The molecular formula is C31H31ClN10O5. The van der Waals surface area contributed by atoms with Gasteiger partial charge in [0.15, 0.2) is 5.69 Å². The molecule has 2 aliphatic rings. The van der Waals surface area contributed by atoms with Gasteiger partial charge in [0.25, 0.3) is 16.8 Å². The van der Waals surface area contributed by atoms with Crippen LogP contribution in [0.15, 0.2) is 52.3 Å². The van der Waals surface area contributed by atoms with E-state index in [9.17, 15) is 19.2 Å². The highest BCUT2D eigenvalue weighted by Gasteiger charge is 2.29. The number of aromatic nitrogens is 6. The lowest BCUT2D eigenvalue weighted by molar-refractivity contribution is 0.0690. The SMILES string of the molecule is Cc1c(-c2nn[nH]n2)ccc2c1CC[C@@H]2NC(=O)c1cc(C(=O)O)ncn1.Cl.NCc1ccc2c(c1)CN(c1c(N)c(=O)c1=O)CC2. The van der Waals surface area contributed by atoms with Gasteiger partial charge in [0, 0.05) is 31.3 Å². The van der Waals surface area contributed by atoms with Gasteiger partial charge in [-0.3, -0.25) is 14.4 Å². The predicted octanol–water partition coefficient (Wildman–Crippen LogP) is 1.39. The first-order valence-electron chi connectivity index (χ1n) is 14.5. The Hall–Kier alpha value is -5.54. The van der Waals surface area contributed by atoms with Crippen LogP contribution in [0, 0.1) is 6.92 Å². The summed E-state index contributed by atoms with van der Waals surface area (Å²) in [5, 5.41) is 26.0. The first-order chi connectivity index (χ1) is 22.2. The molecule has 0 bridgehead atoms. The maximum Gasteiger partial charge on any atom is 0.354 e. The van der Waals surface area contributed by atoms with Crippen LogP contribution in [0.1, 0.15) is 66.8 Å². The van der Waals surface area contributed by atoms with Crippen LogP contribution in [-0.2, 0) is 25.9 Å². The molecule has 16 heteroatoms. The second kappa shape index (κ2) is 13.4. The Labute approximate surface area is 273 Å². The van der Waals surface area contributed by atoms with Gasteiger partial charge in [0.2, 0.25) is 5.82 Å². The van der Waals surface area contributed by atoms with Crippen molar-refractivity contribution in [1.82, 2.24) is 35.9 Å². The second-order valence-electron chi connectivity index (χ2n) is 11.1. The number of tetrazole rings is 1. The topological polar surface area (TPSA) is 236 Å². The number of rotatable bonds is 6. The zero-order valence-electron chi connectivity index (χ0n) is 25.2. The average Bonchev–Trinajstić information content (AvgIpc) is 3.76. The summed E-state index contributed by atoms with van der Waals surface area (Å²) in [6, 6.07) is 11.0. The molecule has 242 valence electrons. The van der Waals surface area contributed by atoms with Crippen LogP contribution in [0.2, 0.25) is 0 Å². The quantitative estimate of drug-likeness (QED) is 0.162. The van der Waals surface area contributed by atoms with Crippen molar-refractivity contribution in [3.8, 4) is 11.4 Å². The predicted molar refractivity (Wildman–Crippen MR) is 174 cm³/mol. The van der Waals surface area contributed by atoms with E-state index in [1.54, 1.807) is 0 Å². The molecule has 1 amide bonds. The van der Waals surface area contributed by atoms with Crippen molar-refractivity contribution >= 4 is 35.7 Å². The lowest BCUT2D eigenvalue weighted by Gasteiger charge is -2.31. The number of nitrogens with one attached hydrogen (secondary N) is 2. The van der Waals surface area contributed by atoms with E-state index in [0.29, 0.717) is 31.1 Å². The number of carbonyl (C=O) groups is 2. The Kier molecular flexibility index (Phi) is 9.39. The number of benzene rings is 2. The summed E-state index contributed by atoms with van der Waals surface area (Å²) >= 11 is 0. The molecule has 47 heavy (non-hydrogen) atoms. The first-order valence-corrected chi connectivity index (χ1v) is 14.5. The number of nitrogens with zero attached hydrogens (tertiary/aromatic N) is 6. The molecule has 0 unspecified atom stereocenters. The Morgan fingerprint density at radius 1 is 1.06 bits per heavy atom. The van der Waals surface area contributed by atoms with E-state index in [2.05, 4.69) is 48.0 Å². The number of hydrogen-bond donors (Lipinski definition) is 5. The second-order valence-corrected chi connectivity index (χ2v) is 11.1. The molecule has 5 aromatic rings. The van der Waals surface area contributed by atoms with Gasteiger partial charge in [-0.25, -0.2) is 14.8 Å². The molecule has 1 atom stereocenters. The number of hydrogen-bond acceptors (Lipinski definition) is 12. The molecule has 15 nitrogen and oxygen atoms in total. The van der Waals surface area contributed by atoms with E-state index in [-0.39, 0.29) is 35.5 Å². The van der Waals surface area contributed by atoms with Crippen LogP contribution in [0.3, 0.4) is 0 Å². The smallest absolute Gasteiger partial charge is 0.354 e. The van der Waals surface area contributed by atoms with E-state index in [1.807, 2.05) is 30.0 Å². The minimum Gasteiger partial charge on any atom is -0.477 e. The van der Waals surface area contributed by atoms with Crippen LogP contribution in [-0.4, -0.2) is 54.1 Å². The lowest BCUT2D eigenvalue weighted by Crippen LogP contribution is -2.44. The maximum atomic E-state index is 12.5. The molecule has 3 heterocycles. The van der Waals surface area contributed by atoms with Gasteiger partial charge < -0.3 is 26.8 Å². The van der Waals surface area contributed by atoms with Crippen molar-refractivity contribution in [2.24, 2.45) is 5.73 Å². The van der Waals surface area contributed by atoms with E-state index < -0.39 is 22.7 Å². The number of carboxylic acids is 1. The van der Waals surface area contributed by atoms with Gasteiger partial charge in [0.1, 0.15) is 23.4 Å². The number of halogens is 1. The van der Waals surface area contributed by atoms with E-state index in [1.165, 1.54) is 5.56 Å². The summed E-state index contributed by atoms with van der Waals surface area (Å²) in [5.74, 6) is -1.11. The summed E-state index contributed by atoms with van der Waals surface area (Å²) in [4.78, 5) is 55.6. The van der Waals surface area contributed by atoms with E-state index >= 15 is 0 Å². The zero-order chi connectivity index (χ0) is 32.5. The highest BCUT2D eigenvalue weighted by molar-refractivity contribution is 5.95. The van der Waals surface area contributed by atoms with Crippen molar-refractivity contribution in [3.63, 3.8) is 0 Å². The molecule has 1 aliphatic carbocycles. The molecule has 2 aromatic heterocycles. The van der Waals surface area contributed by atoms with Crippen molar-refractivity contribution in [2.75, 3.05) is 17.2 Å². The standard InChI is InChI=1S/C17H15N7O3.C14H15N3O2.ClH/c1-8-9-4-5-12(11(9)3-2-10(8)15-21-23-24-22-15)20-16(25)13-6-14(17(26)27)19-7-18-13;15-6-8-1-2-9-3-4-17(7-10(9)5-8)12-11(16)13(18)14(12)19;/h2-3,6-7,12H,4-5H2,1H3,(H,20,25)(H,26,27)(H,21,22,23,24);1-2,5H,3-4,6-7,15-16H2;1H/t12-;;/m0../s1. The highest BCUT2D eigenvalue weighted by atomic mass is 35.5. The molecule has 7 rings (SSSR count). The monoisotopic (exact) mass is 658 g/mol. The molecule has 0 saturated heterocycles. The van der Waals surface area contributed by atoms with Crippen molar-refractivity contribution in [1.29, 1.82) is 0 Å². The molecule has 0 spiro atoms. The van der Waals surface area contributed by atoms with Crippen LogP contribution in [0.4, 0.5) is 11.4 Å². The Bertz CT molecular complexity index is 2040. The first kappa shape index (κ1) is 32.8. The normalized spacial score (nSPS) is 14.8. The molecule has 0 fully saturated rings. The molecule has 0 saturated carbocycles. The average molecular weight is 659 g/mol. The summed E-state index contributed by atoms with van der Waals surface area (Å²) in [5.41, 5.74) is 18.1. The molecule has 1 aliphatic heterocycles. The fraction of sp³-hybridized carbons (Fsp3) is 0.258. The third-order valence-corrected chi connectivity index (χ3v) is 8.46. The summed E-state index contributed by atoms with van der Waals surface area (Å²) < 4.78 is 0. The van der Waals surface area contributed by atoms with Gasteiger partial charge in [-0.1, -0.05) is 30.3 Å². The fourth-order valence-corrected chi connectivity index (χ4v) is 6.02. The number of aromatic amines is 1. The highest BCUT2D eigenvalue weighted by Crippen LogP contribution is 2.37. The van der Waals surface area contributed by atoms with Crippen LogP contribution in [0.5, 0.6) is 0 Å². The van der Waals surface area contributed by atoms with Gasteiger partial charge in [-0.2, -0.15) is 5.21 Å². The van der Waals surface area contributed by atoms with Gasteiger partial charge in [0.05, 0.1) is 6.04 Å². The summed E-state index contributed by atoms with van der Waals surface area (Å²) in [7, 11) is 0. The number of H-pyrrole nitrogens is 1. The molecular weight excluding hydrogens is 628 g/mol. The molecule has 0 radical (unpaired) electrons. The lowest BCUT2D eigenvalue weighted by atomic mass is 9.96. The number of anilines is 2. The van der Waals surface area contributed by atoms with Gasteiger partial charge in [-0.05, 0) is 64.8 Å². The van der Waals surface area contributed by atoms with Gasteiger partial charge in [-0.15, -0.1) is 22.6 Å².